The average Bonchev–Trinajstić information content (AvgIpc) is 2.90. The predicted octanol–water partition coefficient (Wildman–Crippen LogP) is 2.12. The molecule has 4 unspecified atom stereocenters. The Kier molecular flexibility index (Phi) is 2.76. The van der Waals surface area contributed by atoms with Gasteiger partial charge in [-0.25, -0.2) is 0 Å². The highest BCUT2D eigenvalue weighted by Crippen LogP contribution is 2.61. The molecule has 0 spiro atoms. The van der Waals surface area contributed by atoms with E-state index < -0.39 is 5.92 Å². The summed E-state index contributed by atoms with van der Waals surface area (Å²) < 4.78 is 0. The molecule has 6 rings (SSSR count). The Hall–Kier alpha value is -2.95. The fourth-order valence-electron chi connectivity index (χ4n) is 4.99. The number of rotatable bonds is 1. The van der Waals surface area contributed by atoms with Crippen LogP contribution in [0.5, 0.6) is 0 Å². The van der Waals surface area contributed by atoms with Gasteiger partial charge in [-0.3, -0.25) is 19.7 Å². The lowest BCUT2D eigenvalue weighted by Crippen LogP contribution is -2.42. The maximum absolute atomic E-state index is 12.5. The van der Waals surface area contributed by atoms with E-state index in [4.69, 9.17) is 0 Å². The van der Waals surface area contributed by atoms with E-state index >= 15 is 0 Å². The molecular weight excluding hydrogens is 316 g/mol. The van der Waals surface area contributed by atoms with Gasteiger partial charge in [0.2, 0.25) is 17.7 Å². The number of carbonyl (C=O) groups is 3. The first-order chi connectivity index (χ1) is 12.1. The van der Waals surface area contributed by atoms with Crippen LogP contribution >= 0.6 is 0 Å². The fraction of sp³-hybridized carbons (Fsp3) is 0.250. The lowest BCUT2D eigenvalue weighted by molar-refractivity contribution is -0.126. The van der Waals surface area contributed by atoms with Crippen LogP contribution < -0.4 is 10.6 Å². The lowest BCUT2D eigenvalue weighted by atomic mass is 9.54. The number of benzene rings is 2. The molecule has 0 aromatic heterocycles. The van der Waals surface area contributed by atoms with Gasteiger partial charge < -0.3 is 5.32 Å². The highest BCUT2D eigenvalue weighted by molar-refractivity contribution is 6.08. The van der Waals surface area contributed by atoms with Crippen LogP contribution in [0.25, 0.3) is 0 Å². The average molecular weight is 332 g/mol. The molecule has 2 aromatic carbocycles. The van der Waals surface area contributed by atoms with Crippen LogP contribution in [0.3, 0.4) is 0 Å². The van der Waals surface area contributed by atoms with Gasteiger partial charge >= 0.3 is 0 Å². The van der Waals surface area contributed by atoms with Crippen LogP contribution in [0, 0.1) is 11.8 Å². The maximum Gasteiger partial charge on any atom is 0.231 e. The number of amides is 3. The van der Waals surface area contributed by atoms with Crippen molar-refractivity contribution in [3.8, 4) is 0 Å². The first-order valence-electron chi connectivity index (χ1n) is 8.42. The zero-order valence-corrected chi connectivity index (χ0v) is 13.6. The summed E-state index contributed by atoms with van der Waals surface area (Å²) in [7, 11) is 0. The summed E-state index contributed by atoms with van der Waals surface area (Å²) in [5.74, 6) is -1.68. The maximum atomic E-state index is 12.5. The molecule has 3 amide bonds. The number of anilines is 1. The normalized spacial score (nSPS) is 28.0. The summed E-state index contributed by atoms with van der Waals surface area (Å²) >= 11 is 0. The van der Waals surface area contributed by atoms with Gasteiger partial charge in [0.1, 0.15) is 0 Å². The molecule has 25 heavy (non-hydrogen) atoms. The standard InChI is InChI=1S/C20H16N2O3/c1-9(23)21-13-8-4-7-12-14-10-5-2-3-6-11(10)16(15(12)13)18-17(14)19(24)22-20(18)25/h2-8,14,16-18H,1H3,(H,21,23)(H,22,24,25). The van der Waals surface area contributed by atoms with Gasteiger partial charge in [0.25, 0.3) is 0 Å². The first kappa shape index (κ1) is 14.4. The monoisotopic (exact) mass is 332 g/mol. The summed E-state index contributed by atoms with van der Waals surface area (Å²) in [6.45, 7) is 1.48. The zero-order chi connectivity index (χ0) is 17.3. The second kappa shape index (κ2) is 4.79. The van der Waals surface area contributed by atoms with Gasteiger partial charge in [0.05, 0.1) is 11.8 Å². The van der Waals surface area contributed by atoms with E-state index in [1.807, 2.05) is 42.5 Å². The second-order valence-corrected chi connectivity index (χ2v) is 6.98. The smallest absolute Gasteiger partial charge is 0.231 e. The van der Waals surface area contributed by atoms with Crippen molar-refractivity contribution in [3.63, 3.8) is 0 Å². The second-order valence-electron chi connectivity index (χ2n) is 6.98. The Morgan fingerprint density at radius 3 is 2.16 bits per heavy atom. The van der Waals surface area contributed by atoms with E-state index in [0.29, 0.717) is 0 Å². The molecule has 5 heteroatoms. The summed E-state index contributed by atoms with van der Waals surface area (Å²) in [5.41, 5.74) is 4.96. The number of nitrogens with one attached hydrogen (secondary N) is 2. The van der Waals surface area contributed by atoms with E-state index in [0.717, 1.165) is 27.9 Å². The van der Waals surface area contributed by atoms with E-state index in [-0.39, 0.29) is 35.5 Å². The minimum atomic E-state index is -0.408. The van der Waals surface area contributed by atoms with Crippen LogP contribution in [0.4, 0.5) is 5.69 Å². The van der Waals surface area contributed by atoms with E-state index in [2.05, 4.69) is 10.6 Å². The van der Waals surface area contributed by atoms with E-state index in [1.165, 1.54) is 6.92 Å². The predicted molar refractivity (Wildman–Crippen MR) is 91.0 cm³/mol. The SMILES string of the molecule is CC(=O)Nc1cccc2c1C1c3ccccc3C2C2C(=O)NC(=O)C12. The number of hydrogen-bond donors (Lipinski definition) is 2. The Morgan fingerprint density at radius 2 is 1.48 bits per heavy atom. The summed E-state index contributed by atoms with van der Waals surface area (Å²) in [6, 6.07) is 13.8. The summed E-state index contributed by atoms with van der Waals surface area (Å²) in [6.07, 6.45) is 0. The molecule has 0 saturated carbocycles. The molecule has 1 fully saturated rings. The van der Waals surface area contributed by atoms with Crippen molar-refractivity contribution in [2.45, 2.75) is 18.8 Å². The van der Waals surface area contributed by atoms with Gasteiger partial charge in [-0.2, -0.15) is 0 Å². The minimum absolute atomic E-state index is 0.147. The van der Waals surface area contributed by atoms with Crippen LogP contribution in [0.15, 0.2) is 42.5 Å². The van der Waals surface area contributed by atoms with Crippen molar-refractivity contribution in [2.24, 2.45) is 11.8 Å². The van der Waals surface area contributed by atoms with Gasteiger partial charge in [0, 0.05) is 24.4 Å². The molecule has 2 bridgehead atoms. The molecule has 4 aliphatic rings. The van der Waals surface area contributed by atoms with Crippen molar-refractivity contribution < 1.29 is 14.4 Å². The van der Waals surface area contributed by atoms with Gasteiger partial charge in [-0.15, -0.1) is 0 Å². The molecule has 2 aromatic rings. The Bertz CT molecular complexity index is 965. The van der Waals surface area contributed by atoms with Gasteiger partial charge in [-0.1, -0.05) is 36.4 Å². The van der Waals surface area contributed by atoms with E-state index in [1.54, 1.807) is 0 Å². The molecule has 2 N–H and O–H groups in total. The molecule has 4 atom stereocenters. The molecule has 1 saturated heterocycles. The molecule has 5 nitrogen and oxygen atoms in total. The highest BCUT2D eigenvalue weighted by Gasteiger charge is 2.59. The topological polar surface area (TPSA) is 75.3 Å². The quantitative estimate of drug-likeness (QED) is 0.786. The Balaban J connectivity index is 1.82. The largest absolute Gasteiger partial charge is 0.326 e. The zero-order valence-electron chi connectivity index (χ0n) is 13.6. The number of hydrogen-bond acceptors (Lipinski definition) is 3. The Labute approximate surface area is 144 Å². The third kappa shape index (κ3) is 1.75. The van der Waals surface area contributed by atoms with Crippen LogP contribution in [0.1, 0.15) is 41.0 Å². The van der Waals surface area contributed by atoms with Crippen molar-refractivity contribution >= 4 is 23.4 Å². The van der Waals surface area contributed by atoms with Crippen molar-refractivity contribution in [1.82, 2.24) is 5.32 Å². The molecule has 0 radical (unpaired) electrons. The van der Waals surface area contributed by atoms with E-state index in [9.17, 15) is 14.4 Å². The van der Waals surface area contributed by atoms with Crippen molar-refractivity contribution in [3.05, 3.63) is 64.7 Å². The minimum Gasteiger partial charge on any atom is -0.326 e. The van der Waals surface area contributed by atoms with Crippen LogP contribution in [-0.2, 0) is 14.4 Å². The first-order valence-corrected chi connectivity index (χ1v) is 8.42. The lowest BCUT2D eigenvalue weighted by Gasteiger charge is -2.46. The highest BCUT2D eigenvalue weighted by atomic mass is 16.2. The third-order valence-electron chi connectivity index (χ3n) is 5.72. The number of imide groups is 1. The molecule has 3 aliphatic carbocycles. The molecule has 1 heterocycles. The van der Waals surface area contributed by atoms with Crippen LogP contribution in [-0.4, -0.2) is 17.7 Å². The molecule has 1 aliphatic heterocycles. The number of carbonyl (C=O) groups excluding carboxylic acids is 3. The van der Waals surface area contributed by atoms with Gasteiger partial charge in [-0.05, 0) is 28.3 Å². The molecule has 124 valence electrons. The third-order valence-corrected chi connectivity index (χ3v) is 5.72. The van der Waals surface area contributed by atoms with Crippen LogP contribution in [0.2, 0.25) is 0 Å². The molecular formula is C20H16N2O3. The van der Waals surface area contributed by atoms with Crippen molar-refractivity contribution in [1.29, 1.82) is 0 Å². The van der Waals surface area contributed by atoms with Gasteiger partial charge in [0.15, 0.2) is 0 Å². The van der Waals surface area contributed by atoms with Crippen molar-refractivity contribution in [2.75, 3.05) is 5.32 Å². The fourth-order valence-corrected chi connectivity index (χ4v) is 4.99. The Morgan fingerprint density at radius 1 is 0.880 bits per heavy atom. The summed E-state index contributed by atoms with van der Waals surface area (Å²) in [5, 5.41) is 5.42. The summed E-state index contributed by atoms with van der Waals surface area (Å²) in [4.78, 5) is 36.7.